The fourth-order valence-electron chi connectivity index (χ4n) is 5.20. The zero-order chi connectivity index (χ0) is 29.2. The van der Waals surface area contributed by atoms with Crippen LogP contribution in [0.15, 0.2) is 0 Å². The van der Waals surface area contributed by atoms with Crippen LogP contribution in [0.5, 0.6) is 0 Å². The van der Waals surface area contributed by atoms with E-state index in [2.05, 4.69) is 10.2 Å². The van der Waals surface area contributed by atoms with Crippen molar-refractivity contribution in [2.75, 3.05) is 13.1 Å². The highest BCUT2D eigenvalue weighted by Gasteiger charge is 2.40. The Morgan fingerprint density at radius 2 is 1.23 bits per heavy atom. The molecule has 2 aromatic rings. The van der Waals surface area contributed by atoms with Gasteiger partial charge in [0.25, 0.3) is 0 Å². The summed E-state index contributed by atoms with van der Waals surface area (Å²) in [7, 11) is 0. The van der Waals surface area contributed by atoms with Gasteiger partial charge in [0, 0.05) is 41.1 Å². The lowest BCUT2D eigenvalue weighted by molar-refractivity contribution is -0.142. The van der Waals surface area contributed by atoms with Gasteiger partial charge in [-0.1, -0.05) is 0 Å². The van der Waals surface area contributed by atoms with Crippen LogP contribution in [-0.4, -0.2) is 54.3 Å². The third-order valence-electron chi connectivity index (χ3n) is 6.97. The van der Waals surface area contributed by atoms with E-state index < -0.39 is 35.4 Å². The normalized spacial score (nSPS) is 15.3. The number of amides is 1. The summed E-state index contributed by atoms with van der Waals surface area (Å²) in [5.41, 5.74) is 5.21. The largest absolute Gasteiger partial charge is 0.465 e. The highest BCUT2D eigenvalue weighted by Crippen LogP contribution is 2.37. The Bertz CT molecular complexity index is 1150. The van der Waals surface area contributed by atoms with Crippen molar-refractivity contribution in [2.24, 2.45) is 5.73 Å². The zero-order valence-corrected chi connectivity index (χ0v) is 23.6. The van der Waals surface area contributed by atoms with Gasteiger partial charge < -0.3 is 15.7 Å². The van der Waals surface area contributed by atoms with Crippen LogP contribution in [0.3, 0.4) is 0 Å². The summed E-state index contributed by atoms with van der Waals surface area (Å²) in [5, 5.41) is 16.7. The van der Waals surface area contributed by atoms with Crippen molar-refractivity contribution in [3.63, 3.8) is 0 Å². The first-order chi connectivity index (χ1) is 18.1. The van der Waals surface area contributed by atoms with Gasteiger partial charge in [-0.3, -0.25) is 9.36 Å². The standard InChI is InChI=1S/C15H22F3N3O2.C10H14F3N3.ClH/c1-14(2,3)20(13(22)23)8-9-21-11-7-5-4-6-10(11)12(19-21)15(16,17)18;11-10(12,13)9-7-3-1-2-4-8(7)16(15-9)6-5-14;/h4-9H2,1-3H3,(H,22,23);1-6,14H2;1H. The van der Waals surface area contributed by atoms with E-state index in [0.29, 0.717) is 50.0 Å². The second-order valence-electron chi connectivity index (χ2n) is 10.8. The van der Waals surface area contributed by atoms with Gasteiger partial charge in [-0.15, -0.1) is 12.4 Å². The number of hydrogen-bond donors (Lipinski definition) is 2. The molecule has 1 amide bonds. The monoisotopic (exact) mass is 602 g/mol. The average Bonchev–Trinajstić information content (AvgIpc) is 3.38. The van der Waals surface area contributed by atoms with Crippen LogP contribution in [0, 0.1) is 0 Å². The molecule has 0 aliphatic heterocycles. The molecule has 0 radical (unpaired) electrons. The first-order valence-electron chi connectivity index (χ1n) is 13.1. The van der Waals surface area contributed by atoms with Crippen LogP contribution in [0.25, 0.3) is 0 Å². The zero-order valence-electron chi connectivity index (χ0n) is 22.8. The number of hydrogen-bond acceptors (Lipinski definition) is 4. The smallest absolute Gasteiger partial charge is 0.435 e. The van der Waals surface area contributed by atoms with Crippen LogP contribution >= 0.6 is 12.4 Å². The van der Waals surface area contributed by atoms with Crippen molar-refractivity contribution < 1.29 is 36.2 Å². The van der Waals surface area contributed by atoms with E-state index in [1.54, 1.807) is 20.8 Å². The molecule has 0 bridgehead atoms. The molecule has 4 rings (SSSR count). The lowest BCUT2D eigenvalue weighted by Crippen LogP contribution is -2.46. The molecule has 0 spiro atoms. The molecule has 0 unspecified atom stereocenters. The van der Waals surface area contributed by atoms with E-state index in [4.69, 9.17) is 5.73 Å². The second-order valence-corrected chi connectivity index (χ2v) is 10.8. The number of rotatable bonds is 5. The molecule has 15 heteroatoms. The van der Waals surface area contributed by atoms with Crippen molar-refractivity contribution in [1.29, 1.82) is 0 Å². The quantitative estimate of drug-likeness (QED) is 0.426. The third-order valence-corrected chi connectivity index (χ3v) is 6.97. The minimum atomic E-state index is -4.47. The number of nitrogens with zero attached hydrogens (tertiary/aromatic N) is 5. The summed E-state index contributed by atoms with van der Waals surface area (Å²) in [6.07, 6.45) is -4.51. The average molecular weight is 603 g/mol. The van der Waals surface area contributed by atoms with E-state index >= 15 is 0 Å². The van der Waals surface area contributed by atoms with E-state index in [9.17, 15) is 36.2 Å². The molecule has 2 heterocycles. The summed E-state index contributed by atoms with van der Waals surface area (Å²) >= 11 is 0. The Hall–Kier alpha value is -2.48. The molecule has 228 valence electrons. The minimum Gasteiger partial charge on any atom is -0.465 e. The fraction of sp³-hybridized carbons (Fsp3) is 0.720. The number of carbonyl (C=O) groups is 1. The highest BCUT2D eigenvalue weighted by atomic mass is 35.5. The fourth-order valence-corrected chi connectivity index (χ4v) is 5.20. The maximum atomic E-state index is 13.1. The third kappa shape index (κ3) is 7.83. The summed E-state index contributed by atoms with van der Waals surface area (Å²) < 4.78 is 80.3. The molecule has 2 aliphatic carbocycles. The van der Waals surface area contributed by atoms with Crippen molar-refractivity contribution in [3.05, 3.63) is 33.9 Å². The molecule has 3 N–H and O–H groups in total. The van der Waals surface area contributed by atoms with Crippen LogP contribution < -0.4 is 5.73 Å². The number of halogens is 7. The summed E-state index contributed by atoms with van der Waals surface area (Å²) in [6.45, 7) is 6.15. The molecule has 8 nitrogen and oxygen atoms in total. The van der Waals surface area contributed by atoms with Gasteiger partial charge in [0.05, 0.1) is 13.1 Å². The maximum Gasteiger partial charge on any atom is 0.435 e. The number of nitrogens with two attached hydrogens (primary N) is 1. The van der Waals surface area contributed by atoms with Crippen LogP contribution in [0.2, 0.25) is 0 Å². The Morgan fingerprint density at radius 3 is 1.57 bits per heavy atom. The van der Waals surface area contributed by atoms with Gasteiger partial charge in [-0.2, -0.15) is 36.5 Å². The number of carboxylic acid groups (broad SMARTS) is 1. The molecular weight excluding hydrogens is 566 g/mol. The number of fused-ring (bicyclic) bond motifs is 2. The first-order valence-corrected chi connectivity index (χ1v) is 13.1. The summed E-state index contributed by atoms with van der Waals surface area (Å²) in [5.74, 6) is 0. The van der Waals surface area contributed by atoms with Crippen LogP contribution in [0.4, 0.5) is 31.1 Å². The lowest BCUT2D eigenvalue weighted by Gasteiger charge is -2.33. The molecule has 2 aliphatic rings. The lowest BCUT2D eigenvalue weighted by atomic mass is 9.95. The minimum absolute atomic E-state index is 0. The highest BCUT2D eigenvalue weighted by molar-refractivity contribution is 5.85. The number of alkyl halides is 6. The summed E-state index contributed by atoms with van der Waals surface area (Å²) in [4.78, 5) is 12.6. The van der Waals surface area contributed by atoms with Gasteiger partial charge in [0.15, 0.2) is 11.4 Å². The molecule has 0 fully saturated rings. The Balaban J connectivity index is 0.000000290. The molecule has 0 atom stereocenters. The van der Waals surface area contributed by atoms with E-state index in [0.717, 1.165) is 31.4 Å². The molecule has 0 saturated carbocycles. The predicted molar refractivity (Wildman–Crippen MR) is 139 cm³/mol. The van der Waals surface area contributed by atoms with Gasteiger partial charge in [0.1, 0.15) is 0 Å². The Morgan fingerprint density at radius 1 is 0.825 bits per heavy atom. The maximum absolute atomic E-state index is 13.1. The topological polar surface area (TPSA) is 102 Å². The van der Waals surface area contributed by atoms with Gasteiger partial charge in [0.2, 0.25) is 0 Å². The first kappa shape index (κ1) is 33.7. The molecule has 0 aromatic carbocycles. The van der Waals surface area contributed by atoms with E-state index in [1.165, 1.54) is 14.3 Å². The molecule has 0 saturated heterocycles. The second kappa shape index (κ2) is 13.0. The Kier molecular flexibility index (Phi) is 11.0. The molecular formula is C25H37ClF6N6O2. The SMILES string of the molecule is CC(C)(C)N(CCn1nc(C(F)(F)F)c2c1CCCC2)C(=O)O.Cl.NCCn1nc(C(F)(F)F)c2c1CCCC2. The van der Waals surface area contributed by atoms with Crippen LogP contribution in [-0.2, 0) is 51.1 Å². The van der Waals surface area contributed by atoms with E-state index in [-0.39, 0.29) is 31.1 Å². The molecule has 40 heavy (non-hydrogen) atoms. The predicted octanol–water partition coefficient (Wildman–Crippen LogP) is 5.72. The van der Waals surface area contributed by atoms with Crippen LogP contribution in [0.1, 0.15) is 80.4 Å². The molecule has 2 aromatic heterocycles. The van der Waals surface area contributed by atoms with Crippen molar-refractivity contribution in [1.82, 2.24) is 24.5 Å². The summed E-state index contributed by atoms with van der Waals surface area (Å²) in [6, 6.07) is 0. The van der Waals surface area contributed by atoms with Crippen molar-refractivity contribution in [2.45, 2.75) is 103 Å². The van der Waals surface area contributed by atoms with Crippen molar-refractivity contribution >= 4 is 18.5 Å². The van der Waals surface area contributed by atoms with E-state index in [1.807, 2.05) is 0 Å². The van der Waals surface area contributed by atoms with Gasteiger partial charge in [-0.05, 0) is 72.1 Å². The number of aromatic nitrogens is 4. The van der Waals surface area contributed by atoms with Crippen molar-refractivity contribution in [3.8, 4) is 0 Å². The Labute approximate surface area is 235 Å². The van der Waals surface area contributed by atoms with Gasteiger partial charge in [-0.25, -0.2) is 4.79 Å². The van der Waals surface area contributed by atoms with Gasteiger partial charge >= 0.3 is 18.4 Å².